The Kier molecular flexibility index (Phi) is 5.41. The summed E-state index contributed by atoms with van der Waals surface area (Å²) in [5.41, 5.74) is 1.58. The van der Waals surface area contributed by atoms with Gasteiger partial charge in [0.2, 0.25) is 0 Å². The number of hydrogen-bond donors (Lipinski definition) is 1. The monoisotopic (exact) mass is 337 g/mol. The highest BCUT2D eigenvalue weighted by molar-refractivity contribution is 9.10. The Morgan fingerprint density at radius 1 is 1.15 bits per heavy atom. The van der Waals surface area contributed by atoms with E-state index in [1.807, 2.05) is 30.3 Å². The minimum Gasteiger partial charge on any atom is -0.494 e. The molecule has 1 N–H and O–H groups in total. The van der Waals surface area contributed by atoms with Crippen molar-refractivity contribution in [2.24, 2.45) is 0 Å². The molecule has 0 aliphatic rings. The quantitative estimate of drug-likeness (QED) is 0.801. The van der Waals surface area contributed by atoms with Crippen LogP contribution in [0.5, 0.6) is 5.75 Å². The Balaban J connectivity index is 1.93. The van der Waals surface area contributed by atoms with Crippen molar-refractivity contribution in [2.45, 2.75) is 19.9 Å². The fraction of sp³-hybridized carbons (Fsp3) is 0.250. The molecule has 0 radical (unpaired) electrons. The highest BCUT2D eigenvalue weighted by Gasteiger charge is 2.02. The van der Waals surface area contributed by atoms with Crippen molar-refractivity contribution in [2.75, 3.05) is 11.9 Å². The third kappa shape index (κ3) is 4.23. The first kappa shape index (κ1) is 14.9. The maximum absolute atomic E-state index is 13.7. The second-order valence-corrected chi connectivity index (χ2v) is 5.38. The molecule has 0 aliphatic heterocycles. The van der Waals surface area contributed by atoms with E-state index in [0.717, 1.165) is 28.9 Å². The molecule has 0 bridgehead atoms. The zero-order chi connectivity index (χ0) is 14.4. The summed E-state index contributed by atoms with van der Waals surface area (Å²) < 4.78 is 19.9. The molecule has 0 unspecified atom stereocenters. The number of halogens is 2. The molecule has 0 amide bonds. The summed E-state index contributed by atoms with van der Waals surface area (Å²) in [6, 6.07) is 12.8. The van der Waals surface area contributed by atoms with Gasteiger partial charge >= 0.3 is 0 Å². The largest absolute Gasteiger partial charge is 0.494 e. The van der Waals surface area contributed by atoms with E-state index in [1.165, 1.54) is 6.07 Å². The molecule has 2 aromatic carbocycles. The molecule has 0 aliphatic carbocycles. The third-order valence-electron chi connectivity index (χ3n) is 2.83. The molecule has 2 nitrogen and oxygen atoms in total. The maximum atomic E-state index is 13.7. The summed E-state index contributed by atoms with van der Waals surface area (Å²) >= 11 is 3.25. The molecule has 2 aromatic rings. The van der Waals surface area contributed by atoms with Gasteiger partial charge in [0.25, 0.3) is 0 Å². The van der Waals surface area contributed by atoms with Gasteiger partial charge in [-0.15, -0.1) is 0 Å². The summed E-state index contributed by atoms with van der Waals surface area (Å²) in [4.78, 5) is 0. The molecule has 0 spiro atoms. The molecule has 0 atom stereocenters. The third-order valence-corrected chi connectivity index (χ3v) is 3.32. The van der Waals surface area contributed by atoms with Crippen molar-refractivity contribution in [1.82, 2.24) is 0 Å². The van der Waals surface area contributed by atoms with Gasteiger partial charge in [0.1, 0.15) is 11.6 Å². The number of hydrogen-bond acceptors (Lipinski definition) is 2. The van der Waals surface area contributed by atoms with Crippen molar-refractivity contribution in [3.8, 4) is 5.75 Å². The van der Waals surface area contributed by atoms with E-state index in [2.05, 4.69) is 28.2 Å². The van der Waals surface area contributed by atoms with E-state index in [1.54, 1.807) is 6.07 Å². The van der Waals surface area contributed by atoms with Crippen LogP contribution in [0.15, 0.2) is 46.9 Å². The summed E-state index contributed by atoms with van der Waals surface area (Å²) in [5, 5.41) is 3.19. The van der Waals surface area contributed by atoms with Crippen LogP contribution in [0.4, 0.5) is 10.1 Å². The van der Waals surface area contributed by atoms with E-state index in [4.69, 9.17) is 4.74 Å². The molecule has 0 fully saturated rings. The van der Waals surface area contributed by atoms with Crippen molar-refractivity contribution >= 4 is 21.6 Å². The lowest BCUT2D eigenvalue weighted by atomic mass is 10.2. The smallest absolute Gasteiger partial charge is 0.129 e. The van der Waals surface area contributed by atoms with Crippen molar-refractivity contribution in [1.29, 1.82) is 0 Å². The second kappa shape index (κ2) is 7.29. The molecule has 0 heterocycles. The highest BCUT2D eigenvalue weighted by Crippen LogP contribution is 2.19. The highest BCUT2D eigenvalue weighted by atomic mass is 79.9. The van der Waals surface area contributed by atoms with Crippen LogP contribution in [0.1, 0.15) is 18.9 Å². The van der Waals surface area contributed by atoms with Crippen LogP contribution in [0, 0.1) is 5.82 Å². The number of rotatable bonds is 6. The fourth-order valence-electron chi connectivity index (χ4n) is 1.75. The van der Waals surface area contributed by atoms with Gasteiger partial charge in [0.05, 0.1) is 6.61 Å². The van der Waals surface area contributed by atoms with Crippen LogP contribution in [-0.4, -0.2) is 6.61 Å². The number of anilines is 1. The lowest BCUT2D eigenvalue weighted by molar-refractivity contribution is 0.317. The normalized spacial score (nSPS) is 10.3. The van der Waals surface area contributed by atoms with Crippen LogP contribution in [-0.2, 0) is 6.54 Å². The van der Waals surface area contributed by atoms with Crippen molar-refractivity contribution in [3.63, 3.8) is 0 Å². The Bertz CT molecular complexity index is 557. The zero-order valence-corrected chi connectivity index (χ0v) is 12.9. The van der Waals surface area contributed by atoms with Gasteiger partial charge in [-0.3, -0.25) is 0 Å². The number of benzene rings is 2. The summed E-state index contributed by atoms with van der Waals surface area (Å²) in [5.74, 6) is 0.641. The van der Waals surface area contributed by atoms with E-state index in [9.17, 15) is 4.39 Å². The topological polar surface area (TPSA) is 21.3 Å². The van der Waals surface area contributed by atoms with Gasteiger partial charge in [0, 0.05) is 22.3 Å². The summed E-state index contributed by atoms with van der Waals surface area (Å²) in [6.07, 6.45) is 0.989. The molecular weight excluding hydrogens is 321 g/mol. The Morgan fingerprint density at radius 2 is 1.90 bits per heavy atom. The molecule has 0 saturated heterocycles. The first-order valence-electron chi connectivity index (χ1n) is 6.59. The minimum absolute atomic E-state index is 0.213. The Morgan fingerprint density at radius 3 is 2.55 bits per heavy atom. The predicted octanol–water partition coefficient (Wildman–Crippen LogP) is 4.99. The van der Waals surface area contributed by atoms with E-state index >= 15 is 0 Å². The standard InChI is InChI=1S/C16H17BrFNO/c1-2-9-20-15-7-5-14(6-8-15)19-11-12-3-4-13(17)10-16(12)18/h3-8,10,19H,2,9,11H2,1H3. The van der Waals surface area contributed by atoms with Gasteiger partial charge in [0.15, 0.2) is 0 Å². The summed E-state index contributed by atoms with van der Waals surface area (Å²) in [6.45, 7) is 3.24. The second-order valence-electron chi connectivity index (χ2n) is 4.46. The summed E-state index contributed by atoms with van der Waals surface area (Å²) in [7, 11) is 0. The van der Waals surface area contributed by atoms with Gasteiger partial charge in [-0.2, -0.15) is 0 Å². The van der Waals surface area contributed by atoms with Crippen LogP contribution in [0.2, 0.25) is 0 Å². The minimum atomic E-state index is -0.213. The van der Waals surface area contributed by atoms with Crippen molar-refractivity contribution < 1.29 is 9.13 Å². The SMILES string of the molecule is CCCOc1ccc(NCc2ccc(Br)cc2F)cc1. The molecule has 106 valence electrons. The molecule has 2 rings (SSSR count). The van der Waals surface area contributed by atoms with Gasteiger partial charge < -0.3 is 10.1 Å². The van der Waals surface area contributed by atoms with E-state index in [0.29, 0.717) is 12.1 Å². The zero-order valence-electron chi connectivity index (χ0n) is 11.3. The molecule has 0 saturated carbocycles. The Hall–Kier alpha value is -1.55. The lowest BCUT2D eigenvalue weighted by Crippen LogP contribution is -2.02. The average Bonchev–Trinajstić information content (AvgIpc) is 2.45. The molecule has 4 heteroatoms. The first-order valence-corrected chi connectivity index (χ1v) is 7.39. The molecular formula is C16H17BrFNO. The fourth-order valence-corrected chi connectivity index (χ4v) is 2.08. The van der Waals surface area contributed by atoms with Crippen LogP contribution in [0.3, 0.4) is 0 Å². The van der Waals surface area contributed by atoms with E-state index < -0.39 is 0 Å². The molecule has 20 heavy (non-hydrogen) atoms. The Labute approximate surface area is 127 Å². The first-order chi connectivity index (χ1) is 9.69. The predicted molar refractivity (Wildman–Crippen MR) is 83.7 cm³/mol. The van der Waals surface area contributed by atoms with Crippen LogP contribution in [0.25, 0.3) is 0 Å². The van der Waals surface area contributed by atoms with E-state index in [-0.39, 0.29) is 5.82 Å². The lowest BCUT2D eigenvalue weighted by Gasteiger charge is -2.09. The number of nitrogens with one attached hydrogen (secondary N) is 1. The van der Waals surface area contributed by atoms with Gasteiger partial charge in [-0.05, 0) is 42.8 Å². The van der Waals surface area contributed by atoms with Crippen molar-refractivity contribution in [3.05, 3.63) is 58.3 Å². The van der Waals surface area contributed by atoms with Gasteiger partial charge in [-0.1, -0.05) is 28.9 Å². The van der Waals surface area contributed by atoms with Crippen LogP contribution < -0.4 is 10.1 Å². The maximum Gasteiger partial charge on any atom is 0.129 e. The van der Waals surface area contributed by atoms with Gasteiger partial charge in [-0.25, -0.2) is 4.39 Å². The average molecular weight is 338 g/mol. The van der Waals surface area contributed by atoms with Crippen LogP contribution >= 0.6 is 15.9 Å². The molecule has 0 aromatic heterocycles. The number of ether oxygens (including phenoxy) is 1.